The van der Waals surface area contributed by atoms with Crippen LogP contribution in [-0.2, 0) is 4.79 Å². The van der Waals surface area contributed by atoms with E-state index in [0.29, 0.717) is 23.8 Å². The number of aromatic nitrogens is 4. The number of para-hydroxylation sites is 1. The summed E-state index contributed by atoms with van der Waals surface area (Å²) in [6.45, 7) is 1.77. The van der Waals surface area contributed by atoms with Crippen molar-refractivity contribution in [2.75, 3.05) is 11.1 Å². The smallest absolute Gasteiger partial charge is 0.226 e. The standard InChI is InChI=1S/C15H15N5O2S/c1-11-9-13(19-22-11)17-14(21)7-8-23-15-18-16-10-20(15)12-5-3-2-4-6-12/h2-6,9-10H,7-8H2,1H3,(H,17,19,21). The van der Waals surface area contributed by atoms with Crippen LogP contribution in [0.25, 0.3) is 5.69 Å². The molecule has 2 heterocycles. The fourth-order valence-electron chi connectivity index (χ4n) is 1.95. The molecule has 0 saturated heterocycles. The first-order valence-electron chi connectivity index (χ1n) is 7.04. The largest absolute Gasteiger partial charge is 0.360 e. The molecule has 0 unspecified atom stereocenters. The van der Waals surface area contributed by atoms with E-state index in [1.54, 1.807) is 19.3 Å². The third-order valence-corrected chi connectivity index (χ3v) is 3.95. The number of carbonyl (C=O) groups excluding carboxylic acids is 1. The number of nitrogens with zero attached hydrogens (tertiary/aromatic N) is 4. The minimum atomic E-state index is -0.114. The Morgan fingerprint density at radius 1 is 1.35 bits per heavy atom. The van der Waals surface area contributed by atoms with Gasteiger partial charge in [-0.25, -0.2) is 0 Å². The average molecular weight is 329 g/mol. The van der Waals surface area contributed by atoms with Gasteiger partial charge in [-0.1, -0.05) is 35.1 Å². The Morgan fingerprint density at radius 2 is 2.17 bits per heavy atom. The average Bonchev–Trinajstić information content (AvgIpc) is 3.17. The molecular formula is C15H15N5O2S. The second-order valence-corrected chi connectivity index (χ2v) is 5.85. The van der Waals surface area contributed by atoms with Crippen LogP contribution in [0, 0.1) is 6.92 Å². The summed E-state index contributed by atoms with van der Waals surface area (Å²) in [6, 6.07) is 11.5. The third-order valence-electron chi connectivity index (χ3n) is 3.01. The van der Waals surface area contributed by atoms with Gasteiger partial charge < -0.3 is 9.84 Å². The number of aryl methyl sites for hydroxylation is 1. The summed E-state index contributed by atoms with van der Waals surface area (Å²) in [5.74, 6) is 1.57. The normalized spacial score (nSPS) is 10.7. The molecule has 7 nitrogen and oxygen atoms in total. The molecule has 0 atom stereocenters. The Labute approximate surface area is 137 Å². The van der Waals surface area contributed by atoms with E-state index in [9.17, 15) is 4.79 Å². The van der Waals surface area contributed by atoms with E-state index in [-0.39, 0.29) is 5.91 Å². The van der Waals surface area contributed by atoms with E-state index in [1.807, 2.05) is 34.9 Å². The third kappa shape index (κ3) is 3.98. The highest BCUT2D eigenvalue weighted by molar-refractivity contribution is 7.99. The minimum absolute atomic E-state index is 0.114. The number of amides is 1. The summed E-state index contributed by atoms with van der Waals surface area (Å²) in [7, 11) is 0. The molecule has 0 bridgehead atoms. The van der Waals surface area contributed by atoms with E-state index in [0.717, 1.165) is 10.8 Å². The molecule has 0 aliphatic rings. The highest BCUT2D eigenvalue weighted by atomic mass is 32.2. The van der Waals surface area contributed by atoms with Gasteiger partial charge in [0.05, 0.1) is 0 Å². The maximum absolute atomic E-state index is 11.9. The molecule has 3 aromatic rings. The molecule has 0 saturated carbocycles. The lowest BCUT2D eigenvalue weighted by Gasteiger charge is -2.05. The van der Waals surface area contributed by atoms with Crippen molar-refractivity contribution in [3.05, 3.63) is 48.5 Å². The lowest BCUT2D eigenvalue weighted by atomic mass is 10.3. The molecular weight excluding hydrogens is 314 g/mol. The van der Waals surface area contributed by atoms with Crippen molar-refractivity contribution in [1.82, 2.24) is 19.9 Å². The molecule has 118 valence electrons. The number of thioether (sulfide) groups is 1. The van der Waals surface area contributed by atoms with Gasteiger partial charge >= 0.3 is 0 Å². The van der Waals surface area contributed by atoms with Gasteiger partial charge in [-0.3, -0.25) is 9.36 Å². The molecule has 1 aromatic carbocycles. The van der Waals surface area contributed by atoms with E-state index < -0.39 is 0 Å². The second kappa shape index (κ2) is 7.10. The van der Waals surface area contributed by atoms with Crippen molar-refractivity contribution in [1.29, 1.82) is 0 Å². The van der Waals surface area contributed by atoms with Crippen molar-refractivity contribution >= 4 is 23.5 Å². The summed E-state index contributed by atoms with van der Waals surface area (Å²) in [5.41, 5.74) is 0.988. The minimum Gasteiger partial charge on any atom is -0.360 e. The Kier molecular flexibility index (Phi) is 4.72. The van der Waals surface area contributed by atoms with E-state index in [2.05, 4.69) is 20.7 Å². The van der Waals surface area contributed by atoms with Crippen molar-refractivity contribution in [3.63, 3.8) is 0 Å². The molecule has 0 radical (unpaired) electrons. The Morgan fingerprint density at radius 3 is 2.91 bits per heavy atom. The number of hydrogen-bond acceptors (Lipinski definition) is 6. The topological polar surface area (TPSA) is 85.8 Å². The molecule has 0 spiro atoms. The van der Waals surface area contributed by atoms with Crippen molar-refractivity contribution in [2.24, 2.45) is 0 Å². The molecule has 8 heteroatoms. The van der Waals surface area contributed by atoms with Gasteiger partial charge in [-0.2, -0.15) is 0 Å². The lowest BCUT2D eigenvalue weighted by Crippen LogP contribution is -2.12. The summed E-state index contributed by atoms with van der Waals surface area (Å²) in [6.07, 6.45) is 2.01. The zero-order chi connectivity index (χ0) is 16.1. The van der Waals surface area contributed by atoms with Crippen LogP contribution in [-0.4, -0.2) is 31.6 Å². The van der Waals surface area contributed by atoms with Gasteiger partial charge in [0, 0.05) is 23.9 Å². The van der Waals surface area contributed by atoms with Crippen LogP contribution >= 0.6 is 11.8 Å². The van der Waals surface area contributed by atoms with Crippen LogP contribution in [0.1, 0.15) is 12.2 Å². The summed E-state index contributed by atoms with van der Waals surface area (Å²) in [5, 5.41) is 15.2. The number of anilines is 1. The van der Waals surface area contributed by atoms with Gasteiger partial charge in [0.1, 0.15) is 12.1 Å². The van der Waals surface area contributed by atoms with E-state index >= 15 is 0 Å². The summed E-state index contributed by atoms with van der Waals surface area (Å²) in [4.78, 5) is 11.9. The van der Waals surface area contributed by atoms with Crippen molar-refractivity contribution in [2.45, 2.75) is 18.5 Å². The fourth-order valence-corrected chi connectivity index (χ4v) is 2.82. The highest BCUT2D eigenvalue weighted by Gasteiger charge is 2.10. The zero-order valence-corrected chi connectivity index (χ0v) is 13.3. The van der Waals surface area contributed by atoms with Crippen LogP contribution in [0.2, 0.25) is 0 Å². The second-order valence-electron chi connectivity index (χ2n) is 4.79. The first kappa shape index (κ1) is 15.3. The van der Waals surface area contributed by atoms with Gasteiger partial charge in [0.25, 0.3) is 0 Å². The molecule has 0 aliphatic carbocycles. The number of carbonyl (C=O) groups is 1. The molecule has 0 aliphatic heterocycles. The predicted octanol–water partition coefficient (Wildman–Crippen LogP) is 2.68. The SMILES string of the molecule is Cc1cc(NC(=O)CCSc2nncn2-c2ccccc2)no1. The van der Waals surface area contributed by atoms with Crippen molar-refractivity contribution in [3.8, 4) is 5.69 Å². The van der Waals surface area contributed by atoms with Gasteiger partial charge in [0.15, 0.2) is 11.0 Å². The maximum atomic E-state index is 11.9. The molecule has 1 amide bonds. The summed E-state index contributed by atoms with van der Waals surface area (Å²) >= 11 is 1.48. The quantitative estimate of drug-likeness (QED) is 0.700. The predicted molar refractivity (Wildman–Crippen MR) is 86.6 cm³/mol. The van der Waals surface area contributed by atoms with Gasteiger partial charge in [0.2, 0.25) is 5.91 Å². The molecule has 23 heavy (non-hydrogen) atoms. The van der Waals surface area contributed by atoms with Gasteiger partial charge in [-0.05, 0) is 19.1 Å². The van der Waals surface area contributed by atoms with Crippen LogP contribution in [0.3, 0.4) is 0 Å². The van der Waals surface area contributed by atoms with Crippen LogP contribution in [0.4, 0.5) is 5.82 Å². The Hall–Kier alpha value is -2.61. The molecule has 1 N–H and O–H groups in total. The fraction of sp³-hybridized carbons (Fsp3) is 0.200. The number of hydrogen-bond donors (Lipinski definition) is 1. The maximum Gasteiger partial charge on any atom is 0.226 e. The van der Waals surface area contributed by atoms with Gasteiger partial charge in [-0.15, -0.1) is 10.2 Å². The van der Waals surface area contributed by atoms with E-state index in [4.69, 9.17) is 4.52 Å². The number of rotatable bonds is 6. The zero-order valence-electron chi connectivity index (χ0n) is 12.5. The first-order chi connectivity index (χ1) is 11.2. The number of benzene rings is 1. The first-order valence-corrected chi connectivity index (χ1v) is 8.02. The molecule has 3 rings (SSSR count). The number of nitrogens with one attached hydrogen (secondary N) is 1. The van der Waals surface area contributed by atoms with E-state index in [1.165, 1.54) is 11.8 Å². The van der Waals surface area contributed by atoms with Crippen LogP contribution < -0.4 is 5.32 Å². The highest BCUT2D eigenvalue weighted by Crippen LogP contribution is 2.20. The van der Waals surface area contributed by atoms with Crippen molar-refractivity contribution < 1.29 is 9.32 Å². The Balaban J connectivity index is 1.53. The molecule has 2 aromatic heterocycles. The van der Waals surface area contributed by atoms with Crippen LogP contribution in [0.15, 0.2) is 52.4 Å². The monoisotopic (exact) mass is 329 g/mol. The Bertz CT molecular complexity index is 784. The lowest BCUT2D eigenvalue weighted by molar-refractivity contribution is -0.115. The summed E-state index contributed by atoms with van der Waals surface area (Å²) < 4.78 is 6.79. The molecule has 0 fully saturated rings. The van der Waals surface area contributed by atoms with Crippen LogP contribution in [0.5, 0.6) is 0 Å².